The van der Waals surface area contributed by atoms with E-state index in [1.807, 2.05) is 30.3 Å². The highest BCUT2D eigenvalue weighted by molar-refractivity contribution is 9.10. The van der Waals surface area contributed by atoms with Gasteiger partial charge in [-0.1, -0.05) is 46.3 Å². The number of carbonyl (C=O) groups is 3. The maximum Gasteiger partial charge on any atom is 0.344 e. The van der Waals surface area contributed by atoms with Gasteiger partial charge in [-0.3, -0.25) is 14.5 Å². The molecule has 0 aliphatic carbocycles. The van der Waals surface area contributed by atoms with Crippen LogP contribution in [0.25, 0.3) is 6.08 Å². The third kappa shape index (κ3) is 5.48. The predicted octanol–water partition coefficient (Wildman–Crippen LogP) is 4.63. The molecule has 0 N–H and O–H groups in total. The van der Waals surface area contributed by atoms with E-state index in [-0.39, 0.29) is 30.9 Å². The van der Waals surface area contributed by atoms with Crippen LogP contribution in [0.4, 0.5) is 4.79 Å². The van der Waals surface area contributed by atoms with Gasteiger partial charge in [0.15, 0.2) is 6.61 Å². The first-order chi connectivity index (χ1) is 14.0. The molecule has 2 amide bonds. The largest absolute Gasteiger partial charge is 0.481 e. The van der Waals surface area contributed by atoms with E-state index in [0.717, 1.165) is 21.8 Å². The van der Waals surface area contributed by atoms with E-state index >= 15 is 0 Å². The monoisotopic (exact) mass is 475 g/mol. The number of hydrogen-bond acceptors (Lipinski definition) is 6. The van der Waals surface area contributed by atoms with Crippen molar-refractivity contribution in [1.82, 2.24) is 4.90 Å². The van der Waals surface area contributed by atoms with Gasteiger partial charge in [0, 0.05) is 10.0 Å². The van der Waals surface area contributed by atoms with E-state index in [1.54, 1.807) is 31.2 Å². The van der Waals surface area contributed by atoms with Crippen LogP contribution < -0.4 is 4.74 Å². The third-order valence-electron chi connectivity index (χ3n) is 3.97. The van der Waals surface area contributed by atoms with Gasteiger partial charge in [-0.15, -0.1) is 0 Å². The average molecular weight is 476 g/mol. The molecule has 1 heterocycles. The number of esters is 1. The first-order valence-electron chi connectivity index (χ1n) is 8.85. The molecule has 0 spiro atoms. The van der Waals surface area contributed by atoms with E-state index in [2.05, 4.69) is 15.9 Å². The van der Waals surface area contributed by atoms with Gasteiger partial charge in [-0.05, 0) is 48.5 Å². The average Bonchev–Trinajstić information content (AvgIpc) is 2.96. The summed E-state index contributed by atoms with van der Waals surface area (Å²) in [5, 5.41) is -0.325. The molecule has 2 aromatic rings. The molecule has 1 fully saturated rings. The molecular formula is C21H18BrNO5S. The van der Waals surface area contributed by atoms with Crippen molar-refractivity contribution >= 4 is 50.9 Å². The summed E-state index contributed by atoms with van der Waals surface area (Å²) in [7, 11) is 0. The van der Waals surface area contributed by atoms with Crippen molar-refractivity contribution in [3.8, 4) is 5.75 Å². The zero-order valence-electron chi connectivity index (χ0n) is 15.6. The van der Waals surface area contributed by atoms with Crippen LogP contribution in [0.15, 0.2) is 57.9 Å². The van der Waals surface area contributed by atoms with Crippen LogP contribution in [0, 0.1) is 0 Å². The van der Waals surface area contributed by atoms with Gasteiger partial charge in [-0.2, -0.15) is 0 Å². The fourth-order valence-electron chi connectivity index (χ4n) is 2.65. The summed E-state index contributed by atoms with van der Waals surface area (Å²) in [5.41, 5.74) is 1.45. The molecule has 0 aromatic heterocycles. The van der Waals surface area contributed by atoms with Crippen LogP contribution in [0.1, 0.15) is 18.1 Å². The molecule has 0 saturated carbocycles. The number of benzene rings is 2. The number of thioether (sulfide) groups is 1. The number of nitrogens with zero attached hydrogens (tertiary/aromatic N) is 1. The minimum absolute atomic E-state index is 0.216. The van der Waals surface area contributed by atoms with Gasteiger partial charge in [0.05, 0.1) is 18.1 Å². The van der Waals surface area contributed by atoms with Crippen molar-refractivity contribution in [2.75, 3.05) is 13.2 Å². The van der Waals surface area contributed by atoms with Crippen molar-refractivity contribution in [3.63, 3.8) is 0 Å². The lowest BCUT2D eigenvalue weighted by Gasteiger charge is -2.12. The van der Waals surface area contributed by atoms with Crippen molar-refractivity contribution in [2.24, 2.45) is 0 Å². The molecule has 0 radical (unpaired) electrons. The summed E-state index contributed by atoms with van der Waals surface area (Å²) in [6.45, 7) is 1.96. The molecule has 1 saturated heterocycles. The fraction of sp³-hybridized carbons (Fsp3) is 0.190. The Morgan fingerprint density at radius 2 is 1.93 bits per heavy atom. The Bertz CT molecular complexity index is 961. The molecule has 8 heteroatoms. The summed E-state index contributed by atoms with van der Waals surface area (Å²) >= 11 is 4.27. The van der Waals surface area contributed by atoms with Crippen molar-refractivity contribution < 1.29 is 23.9 Å². The molecular weight excluding hydrogens is 458 g/mol. The molecule has 1 aliphatic rings. The number of amides is 2. The standard InChI is InChI=1S/C21H18BrNO5S/c1-2-27-19(24)13-28-17-9-8-16(22)10-15(17)11-18-20(25)23(21(26)29-18)12-14-6-4-3-5-7-14/h3-11H,2,12-13H2,1H3/b18-11-. The Hall–Kier alpha value is -2.58. The number of imide groups is 1. The minimum Gasteiger partial charge on any atom is -0.481 e. The number of hydrogen-bond donors (Lipinski definition) is 0. The molecule has 2 aromatic carbocycles. The van der Waals surface area contributed by atoms with Gasteiger partial charge in [0.25, 0.3) is 11.1 Å². The second kappa shape index (κ2) is 9.76. The maximum absolute atomic E-state index is 12.8. The molecule has 0 bridgehead atoms. The summed E-state index contributed by atoms with van der Waals surface area (Å²) in [4.78, 5) is 38.2. The summed E-state index contributed by atoms with van der Waals surface area (Å²) in [6, 6.07) is 14.5. The van der Waals surface area contributed by atoms with E-state index in [9.17, 15) is 14.4 Å². The Balaban J connectivity index is 1.80. The SMILES string of the molecule is CCOC(=O)COc1ccc(Br)cc1/C=C1\SC(=O)N(Cc2ccccc2)C1=O. The fourth-order valence-corrected chi connectivity index (χ4v) is 3.85. The topological polar surface area (TPSA) is 72.9 Å². The molecule has 3 rings (SSSR count). The van der Waals surface area contributed by atoms with Crippen LogP contribution in [-0.4, -0.2) is 35.2 Å². The Morgan fingerprint density at radius 1 is 1.17 bits per heavy atom. The van der Waals surface area contributed by atoms with E-state index in [1.165, 1.54) is 4.90 Å². The summed E-state index contributed by atoms with van der Waals surface area (Å²) in [5.74, 6) is -0.430. The number of rotatable bonds is 7. The lowest BCUT2D eigenvalue weighted by molar-refractivity contribution is -0.145. The Labute approximate surface area is 181 Å². The lowest BCUT2D eigenvalue weighted by Crippen LogP contribution is -2.27. The van der Waals surface area contributed by atoms with Gasteiger partial charge < -0.3 is 9.47 Å². The molecule has 0 unspecified atom stereocenters. The highest BCUT2D eigenvalue weighted by Crippen LogP contribution is 2.35. The lowest BCUT2D eigenvalue weighted by atomic mass is 10.1. The first kappa shape index (κ1) is 21.1. The molecule has 29 heavy (non-hydrogen) atoms. The second-order valence-corrected chi connectivity index (χ2v) is 7.94. The van der Waals surface area contributed by atoms with Gasteiger partial charge in [-0.25, -0.2) is 4.79 Å². The smallest absolute Gasteiger partial charge is 0.344 e. The molecule has 150 valence electrons. The third-order valence-corrected chi connectivity index (χ3v) is 5.37. The van der Waals surface area contributed by atoms with E-state index in [0.29, 0.717) is 16.2 Å². The quantitative estimate of drug-likeness (QED) is 0.429. The number of ether oxygens (including phenoxy) is 2. The Kier molecular flexibility index (Phi) is 7.11. The Morgan fingerprint density at radius 3 is 2.66 bits per heavy atom. The summed E-state index contributed by atoms with van der Waals surface area (Å²) < 4.78 is 11.2. The minimum atomic E-state index is -0.482. The number of halogens is 1. The van der Waals surface area contributed by atoms with Crippen LogP contribution in [0.3, 0.4) is 0 Å². The normalized spacial score (nSPS) is 15.1. The number of carbonyl (C=O) groups excluding carboxylic acids is 3. The van der Waals surface area contributed by atoms with E-state index in [4.69, 9.17) is 9.47 Å². The van der Waals surface area contributed by atoms with Gasteiger partial charge >= 0.3 is 5.97 Å². The molecule has 0 atom stereocenters. The summed E-state index contributed by atoms with van der Waals surface area (Å²) in [6.07, 6.45) is 1.60. The zero-order chi connectivity index (χ0) is 20.8. The highest BCUT2D eigenvalue weighted by atomic mass is 79.9. The van der Waals surface area contributed by atoms with Crippen LogP contribution in [-0.2, 0) is 20.9 Å². The van der Waals surface area contributed by atoms with Crippen LogP contribution in [0.2, 0.25) is 0 Å². The highest BCUT2D eigenvalue weighted by Gasteiger charge is 2.35. The van der Waals surface area contributed by atoms with Crippen LogP contribution >= 0.6 is 27.7 Å². The van der Waals surface area contributed by atoms with E-state index < -0.39 is 5.97 Å². The van der Waals surface area contributed by atoms with Crippen molar-refractivity contribution in [3.05, 3.63) is 69.0 Å². The van der Waals surface area contributed by atoms with Gasteiger partial charge in [0.1, 0.15) is 5.75 Å². The van der Waals surface area contributed by atoms with Crippen LogP contribution in [0.5, 0.6) is 5.75 Å². The van der Waals surface area contributed by atoms with Crippen molar-refractivity contribution in [2.45, 2.75) is 13.5 Å². The first-order valence-corrected chi connectivity index (χ1v) is 10.5. The maximum atomic E-state index is 12.8. The zero-order valence-corrected chi connectivity index (χ0v) is 18.0. The van der Waals surface area contributed by atoms with Gasteiger partial charge in [0.2, 0.25) is 0 Å². The second-order valence-electron chi connectivity index (χ2n) is 6.03. The molecule has 6 nitrogen and oxygen atoms in total. The van der Waals surface area contributed by atoms with Crippen molar-refractivity contribution in [1.29, 1.82) is 0 Å². The molecule has 1 aliphatic heterocycles. The predicted molar refractivity (Wildman–Crippen MR) is 114 cm³/mol.